The molecule has 0 heterocycles. The summed E-state index contributed by atoms with van der Waals surface area (Å²) in [7, 11) is 0. The van der Waals surface area contributed by atoms with Crippen molar-refractivity contribution in [1.82, 2.24) is 0 Å². The van der Waals surface area contributed by atoms with Crippen molar-refractivity contribution in [3.05, 3.63) is 12.2 Å². The summed E-state index contributed by atoms with van der Waals surface area (Å²) in [6.45, 7) is 4.49. The molecule has 0 heteroatoms. The highest BCUT2D eigenvalue weighted by atomic mass is 13.9. The third kappa shape index (κ3) is 13.3. The Hall–Kier alpha value is -0.700. The number of rotatable bonds is 9. The molecule has 0 fully saturated rings. The molecule has 0 saturated carbocycles. The Labute approximate surface area is 103 Å². The Balaban J connectivity index is 3.21. The molecule has 0 amide bonds. The topological polar surface area (TPSA) is 0 Å². The Morgan fingerprint density at radius 3 is 2.19 bits per heavy atom. The molecule has 0 spiro atoms. The average Bonchev–Trinajstić information content (AvgIpc) is 2.31. The summed E-state index contributed by atoms with van der Waals surface area (Å²) < 4.78 is 0. The molecule has 0 atom stereocenters. The fraction of sp³-hybridized carbons (Fsp3) is 0.750. The zero-order valence-corrected chi connectivity index (χ0v) is 11.2. The molecule has 0 radical (unpaired) electrons. The van der Waals surface area contributed by atoms with Crippen molar-refractivity contribution in [3.63, 3.8) is 0 Å². The van der Waals surface area contributed by atoms with Crippen LogP contribution in [0.15, 0.2) is 12.2 Å². The number of allylic oxidation sites excluding steroid dienone is 2. The minimum atomic E-state index is 1.07. The summed E-state index contributed by atoms with van der Waals surface area (Å²) in [6, 6.07) is 0. The van der Waals surface area contributed by atoms with Gasteiger partial charge in [0.05, 0.1) is 0 Å². The third-order valence-electron chi connectivity index (χ3n) is 2.68. The predicted molar refractivity (Wildman–Crippen MR) is 74.4 cm³/mol. The molecule has 0 N–H and O–H groups in total. The van der Waals surface area contributed by atoms with E-state index in [4.69, 9.17) is 0 Å². The lowest BCUT2D eigenvalue weighted by Gasteiger charge is -1.92. The van der Waals surface area contributed by atoms with Crippen LogP contribution < -0.4 is 0 Å². The number of hydrogen-bond acceptors (Lipinski definition) is 0. The summed E-state index contributed by atoms with van der Waals surface area (Å²) in [6.07, 6.45) is 17.2. The first-order valence-electron chi connectivity index (χ1n) is 7.05. The molecule has 0 rings (SSSR count). The van der Waals surface area contributed by atoms with Gasteiger partial charge in [0, 0.05) is 6.42 Å². The van der Waals surface area contributed by atoms with Gasteiger partial charge in [0.1, 0.15) is 0 Å². The summed E-state index contributed by atoms with van der Waals surface area (Å²) >= 11 is 0. The van der Waals surface area contributed by atoms with Gasteiger partial charge in [-0.3, -0.25) is 0 Å². The second-order valence-corrected chi connectivity index (χ2v) is 4.38. The van der Waals surface area contributed by atoms with Crippen LogP contribution in [0.5, 0.6) is 0 Å². The van der Waals surface area contributed by atoms with Crippen LogP contribution in [-0.4, -0.2) is 0 Å². The lowest BCUT2D eigenvalue weighted by Crippen LogP contribution is -1.74. The van der Waals surface area contributed by atoms with Crippen molar-refractivity contribution < 1.29 is 0 Å². The van der Waals surface area contributed by atoms with E-state index in [0.29, 0.717) is 0 Å². The van der Waals surface area contributed by atoms with E-state index in [-0.39, 0.29) is 0 Å². The number of unbranched alkanes of at least 4 members (excludes halogenated alkanes) is 8. The van der Waals surface area contributed by atoms with Gasteiger partial charge in [-0.25, -0.2) is 0 Å². The van der Waals surface area contributed by atoms with E-state index in [2.05, 4.69) is 31.8 Å². The average molecular weight is 220 g/mol. The van der Waals surface area contributed by atoms with Gasteiger partial charge in [-0.1, -0.05) is 70.3 Å². The smallest absolute Gasteiger partial charge is 0.00922 e. The maximum absolute atomic E-state index is 3.21. The highest BCUT2D eigenvalue weighted by Gasteiger charge is 1.84. The van der Waals surface area contributed by atoms with Crippen LogP contribution in [0, 0.1) is 11.8 Å². The second kappa shape index (κ2) is 14.3. The molecular weight excluding hydrogens is 192 g/mol. The fourth-order valence-corrected chi connectivity index (χ4v) is 1.60. The Morgan fingerprint density at radius 1 is 0.812 bits per heavy atom. The molecule has 0 unspecified atom stereocenters. The first-order valence-corrected chi connectivity index (χ1v) is 7.05. The van der Waals surface area contributed by atoms with Crippen LogP contribution in [0.4, 0.5) is 0 Å². The molecule has 0 aliphatic carbocycles. The minimum Gasteiger partial charge on any atom is -0.0985 e. The second-order valence-electron chi connectivity index (χ2n) is 4.38. The van der Waals surface area contributed by atoms with E-state index in [1.165, 1.54) is 57.8 Å². The Bertz CT molecular complexity index is 202. The first kappa shape index (κ1) is 15.3. The van der Waals surface area contributed by atoms with Crippen molar-refractivity contribution >= 4 is 0 Å². The molecule has 0 aromatic heterocycles. The SMILES string of the molecule is CCCCCCC#C/C=C\CCCCCC. The lowest BCUT2D eigenvalue weighted by molar-refractivity contribution is 0.674. The van der Waals surface area contributed by atoms with Gasteiger partial charge in [0.15, 0.2) is 0 Å². The summed E-state index contributed by atoms with van der Waals surface area (Å²) in [5.74, 6) is 6.33. The van der Waals surface area contributed by atoms with E-state index in [9.17, 15) is 0 Å². The zero-order valence-electron chi connectivity index (χ0n) is 11.2. The van der Waals surface area contributed by atoms with Crippen LogP contribution in [0.3, 0.4) is 0 Å². The van der Waals surface area contributed by atoms with Crippen molar-refractivity contribution in [2.45, 2.75) is 78.1 Å². The number of hydrogen-bond donors (Lipinski definition) is 0. The monoisotopic (exact) mass is 220 g/mol. The van der Waals surface area contributed by atoms with Crippen molar-refractivity contribution in [1.29, 1.82) is 0 Å². The molecule has 16 heavy (non-hydrogen) atoms. The fourth-order valence-electron chi connectivity index (χ4n) is 1.60. The Morgan fingerprint density at radius 2 is 1.50 bits per heavy atom. The quantitative estimate of drug-likeness (QED) is 0.356. The molecule has 0 aromatic carbocycles. The van der Waals surface area contributed by atoms with Crippen LogP contribution in [-0.2, 0) is 0 Å². The van der Waals surface area contributed by atoms with Crippen LogP contribution in [0.2, 0.25) is 0 Å². The molecule has 0 aliphatic rings. The van der Waals surface area contributed by atoms with E-state index < -0.39 is 0 Å². The van der Waals surface area contributed by atoms with E-state index in [0.717, 1.165) is 6.42 Å². The van der Waals surface area contributed by atoms with Gasteiger partial charge in [-0.15, -0.1) is 0 Å². The van der Waals surface area contributed by atoms with Crippen LogP contribution in [0.25, 0.3) is 0 Å². The van der Waals surface area contributed by atoms with Crippen LogP contribution >= 0.6 is 0 Å². The summed E-state index contributed by atoms with van der Waals surface area (Å²) in [5.41, 5.74) is 0. The predicted octanol–water partition coefficient (Wildman–Crippen LogP) is 5.49. The summed E-state index contributed by atoms with van der Waals surface area (Å²) in [5, 5.41) is 0. The largest absolute Gasteiger partial charge is 0.0985 e. The normalized spacial score (nSPS) is 10.4. The van der Waals surface area contributed by atoms with Gasteiger partial charge in [-0.05, 0) is 25.3 Å². The van der Waals surface area contributed by atoms with Crippen molar-refractivity contribution in [2.75, 3.05) is 0 Å². The van der Waals surface area contributed by atoms with Crippen molar-refractivity contribution in [3.8, 4) is 11.8 Å². The highest BCUT2D eigenvalue weighted by Crippen LogP contribution is 2.03. The molecule has 0 aromatic rings. The summed E-state index contributed by atoms with van der Waals surface area (Å²) in [4.78, 5) is 0. The molecule has 0 aliphatic heterocycles. The van der Waals surface area contributed by atoms with E-state index in [1.54, 1.807) is 0 Å². The lowest BCUT2D eigenvalue weighted by atomic mass is 10.1. The molecule has 0 nitrogen and oxygen atoms in total. The third-order valence-corrected chi connectivity index (χ3v) is 2.68. The van der Waals surface area contributed by atoms with E-state index in [1.807, 2.05) is 6.08 Å². The van der Waals surface area contributed by atoms with Gasteiger partial charge in [-0.2, -0.15) is 0 Å². The molecule has 0 bridgehead atoms. The van der Waals surface area contributed by atoms with Gasteiger partial charge in [0.25, 0.3) is 0 Å². The van der Waals surface area contributed by atoms with Gasteiger partial charge >= 0.3 is 0 Å². The highest BCUT2D eigenvalue weighted by molar-refractivity contribution is 5.14. The first-order chi connectivity index (χ1) is 7.91. The molecule has 0 saturated heterocycles. The van der Waals surface area contributed by atoms with Gasteiger partial charge < -0.3 is 0 Å². The van der Waals surface area contributed by atoms with E-state index >= 15 is 0 Å². The van der Waals surface area contributed by atoms with Crippen LogP contribution in [0.1, 0.15) is 78.1 Å². The standard InChI is InChI=1S/C16H28/c1-3-5-7-9-11-13-15-16-14-12-10-8-6-4-2/h13,15H,3-12H2,1-2H3/b15-13-. The van der Waals surface area contributed by atoms with Crippen molar-refractivity contribution in [2.24, 2.45) is 0 Å². The maximum atomic E-state index is 3.21. The molecular formula is C16H28. The maximum Gasteiger partial charge on any atom is 0.00922 e. The van der Waals surface area contributed by atoms with Gasteiger partial charge in [0.2, 0.25) is 0 Å². The Kier molecular flexibility index (Phi) is 13.7. The minimum absolute atomic E-state index is 1.07. The zero-order chi connectivity index (χ0) is 11.9. The molecule has 92 valence electrons.